The quantitative estimate of drug-likeness (QED) is 0.585. The second-order valence-electron chi connectivity index (χ2n) is 5.28. The molecule has 0 amide bonds. The zero-order valence-electron chi connectivity index (χ0n) is 12.3. The summed E-state index contributed by atoms with van der Waals surface area (Å²) < 4.78 is 27.0. The van der Waals surface area contributed by atoms with E-state index in [0.29, 0.717) is 16.5 Å². The van der Waals surface area contributed by atoms with E-state index in [2.05, 4.69) is 13.8 Å². The molecule has 2 aromatic carbocycles. The molecule has 0 saturated carbocycles. The maximum atomic E-state index is 13.5. The van der Waals surface area contributed by atoms with Crippen LogP contribution in [0.15, 0.2) is 36.4 Å². The zero-order valence-corrected chi connectivity index (χ0v) is 13.1. The summed E-state index contributed by atoms with van der Waals surface area (Å²) >= 11 is 6.08. The van der Waals surface area contributed by atoms with Gasteiger partial charge in [0.2, 0.25) is 0 Å². The third kappa shape index (κ3) is 3.82. The normalized spacial score (nSPS) is 12.4. The first-order valence-corrected chi connectivity index (χ1v) is 7.68. The third-order valence-electron chi connectivity index (χ3n) is 3.76. The molecule has 0 N–H and O–H groups in total. The zero-order chi connectivity index (χ0) is 15.4. The highest BCUT2D eigenvalue weighted by Crippen LogP contribution is 2.36. The van der Waals surface area contributed by atoms with E-state index in [4.69, 9.17) is 11.6 Å². The van der Waals surface area contributed by atoms with Gasteiger partial charge in [-0.15, -0.1) is 0 Å². The first kappa shape index (κ1) is 16.0. The Morgan fingerprint density at radius 1 is 1.00 bits per heavy atom. The van der Waals surface area contributed by atoms with Gasteiger partial charge in [0.25, 0.3) is 0 Å². The SMILES string of the molecule is CCCC(CC)c1ccc(Cl)cc1-c1cc(F)cc(F)c1. The largest absolute Gasteiger partial charge is 0.207 e. The summed E-state index contributed by atoms with van der Waals surface area (Å²) in [5.74, 6) is -0.771. The lowest BCUT2D eigenvalue weighted by molar-refractivity contribution is 0.583. The van der Waals surface area contributed by atoms with Gasteiger partial charge < -0.3 is 0 Å². The Kier molecular flexibility index (Phi) is 5.35. The average Bonchev–Trinajstić information content (AvgIpc) is 2.44. The molecule has 2 aromatic rings. The second kappa shape index (κ2) is 7.04. The third-order valence-corrected chi connectivity index (χ3v) is 3.99. The predicted octanol–water partition coefficient (Wildman–Crippen LogP) is 6.58. The van der Waals surface area contributed by atoms with Crippen molar-refractivity contribution in [3.63, 3.8) is 0 Å². The van der Waals surface area contributed by atoms with E-state index in [-0.39, 0.29) is 0 Å². The van der Waals surface area contributed by atoms with Crippen LogP contribution in [0.3, 0.4) is 0 Å². The highest BCUT2D eigenvalue weighted by atomic mass is 35.5. The molecule has 3 heteroatoms. The molecular formula is C18H19ClF2. The minimum absolute atomic E-state index is 0.369. The van der Waals surface area contributed by atoms with Crippen molar-refractivity contribution in [3.8, 4) is 11.1 Å². The maximum absolute atomic E-state index is 13.5. The summed E-state index contributed by atoms with van der Waals surface area (Å²) in [6.07, 6.45) is 3.10. The van der Waals surface area contributed by atoms with E-state index >= 15 is 0 Å². The lowest BCUT2D eigenvalue weighted by atomic mass is 9.86. The van der Waals surface area contributed by atoms with E-state index in [1.54, 1.807) is 6.07 Å². The molecule has 0 aromatic heterocycles. The molecule has 0 fully saturated rings. The van der Waals surface area contributed by atoms with Gasteiger partial charge in [0.05, 0.1) is 0 Å². The van der Waals surface area contributed by atoms with Gasteiger partial charge in [-0.2, -0.15) is 0 Å². The van der Waals surface area contributed by atoms with Crippen LogP contribution in [0.5, 0.6) is 0 Å². The molecule has 21 heavy (non-hydrogen) atoms. The van der Waals surface area contributed by atoms with Crippen molar-refractivity contribution in [3.05, 3.63) is 58.6 Å². The number of hydrogen-bond acceptors (Lipinski definition) is 0. The lowest BCUT2D eigenvalue weighted by Gasteiger charge is -2.19. The van der Waals surface area contributed by atoms with E-state index in [9.17, 15) is 8.78 Å². The van der Waals surface area contributed by atoms with E-state index in [1.807, 2.05) is 12.1 Å². The van der Waals surface area contributed by atoms with Crippen LogP contribution >= 0.6 is 11.6 Å². The highest BCUT2D eigenvalue weighted by molar-refractivity contribution is 6.30. The van der Waals surface area contributed by atoms with Crippen LogP contribution in [0.4, 0.5) is 8.78 Å². The number of rotatable bonds is 5. The van der Waals surface area contributed by atoms with Gasteiger partial charge in [0, 0.05) is 11.1 Å². The van der Waals surface area contributed by atoms with Gasteiger partial charge in [0.15, 0.2) is 0 Å². The van der Waals surface area contributed by atoms with Crippen LogP contribution in [0.1, 0.15) is 44.6 Å². The molecule has 0 radical (unpaired) electrons. The molecule has 0 spiro atoms. The summed E-state index contributed by atoms with van der Waals surface area (Å²) in [5, 5.41) is 0.574. The van der Waals surface area contributed by atoms with Crippen molar-refractivity contribution in [1.82, 2.24) is 0 Å². The summed E-state index contributed by atoms with van der Waals surface area (Å²) in [4.78, 5) is 0. The fourth-order valence-corrected chi connectivity index (χ4v) is 2.94. The van der Waals surface area contributed by atoms with Crippen LogP contribution < -0.4 is 0 Å². The van der Waals surface area contributed by atoms with Crippen LogP contribution in [0.25, 0.3) is 11.1 Å². The topological polar surface area (TPSA) is 0 Å². The van der Waals surface area contributed by atoms with E-state index in [0.717, 1.165) is 36.5 Å². The van der Waals surface area contributed by atoms with Crippen molar-refractivity contribution >= 4 is 11.6 Å². The fraction of sp³-hybridized carbons (Fsp3) is 0.333. The van der Waals surface area contributed by atoms with Crippen LogP contribution in [0.2, 0.25) is 5.02 Å². The molecule has 1 unspecified atom stereocenters. The van der Waals surface area contributed by atoms with Crippen molar-refractivity contribution in [2.24, 2.45) is 0 Å². The summed E-state index contributed by atoms with van der Waals surface area (Å²) in [6, 6.07) is 9.22. The molecule has 1 atom stereocenters. The molecule has 112 valence electrons. The van der Waals surface area contributed by atoms with Crippen molar-refractivity contribution in [1.29, 1.82) is 0 Å². The maximum Gasteiger partial charge on any atom is 0.126 e. The average molecular weight is 309 g/mol. The monoisotopic (exact) mass is 308 g/mol. The Balaban J connectivity index is 2.57. The van der Waals surface area contributed by atoms with Gasteiger partial charge >= 0.3 is 0 Å². The molecule has 0 bridgehead atoms. The van der Waals surface area contributed by atoms with E-state index in [1.165, 1.54) is 12.1 Å². The molecule has 0 nitrogen and oxygen atoms in total. The molecular weight excluding hydrogens is 290 g/mol. The minimum atomic E-state index is -0.570. The first-order chi connectivity index (χ1) is 10.0. The Labute approximate surface area is 129 Å². The van der Waals surface area contributed by atoms with Gasteiger partial charge in [-0.1, -0.05) is 37.9 Å². The van der Waals surface area contributed by atoms with Crippen molar-refractivity contribution < 1.29 is 8.78 Å². The Hall–Kier alpha value is -1.41. The van der Waals surface area contributed by atoms with Gasteiger partial charge in [0.1, 0.15) is 11.6 Å². The smallest absolute Gasteiger partial charge is 0.126 e. The van der Waals surface area contributed by atoms with Crippen molar-refractivity contribution in [2.75, 3.05) is 0 Å². The van der Waals surface area contributed by atoms with E-state index < -0.39 is 11.6 Å². The van der Waals surface area contributed by atoms with Gasteiger partial charge in [-0.05, 0) is 59.7 Å². The summed E-state index contributed by atoms with van der Waals surface area (Å²) in [7, 11) is 0. The minimum Gasteiger partial charge on any atom is -0.207 e. The molecule has 0 saturated heterocycles. The molecule has 0 aliphatic rings. The second-order valence-corrected chi connectivity index (χ2v) is 5.72. The van der Waals surface area contributed by atoms with Crippen molar-refractivity contribution in [2.45, 2.75) is 39.0 Å². The summed E-state index contributed by atoms with van der Waals surface area (Å²) in [5.41, 5.74) is 2.47. The Bertz CT molecular complexity index is 602. The van der Waals surface area contributed by atoms with Crippen LogP contribution in [-0.4, -0.2) is 0 Å². The number of halogens is 3. The molecule has 2 rings (SSSR count). The van der Waals surface area contributed by atoms with Crippen LogP contribution in [-0.2, 0) is 0 Å². The number of hydrogen-bond donors (Lipinski definition) is 0. The molecule has 0 heterocycles. The highest BCUT2D eigenvalue weighted by Gasteiger charge is 2.15. The predicted molar refractivity (Wildman–Crippen MR) is 84.7 cm³/mol. The molecule has 0 aliphatic carbocycles. The Morgan fingerprint density at radius 2 is 1.67 bits per heavy atom. The molecule has 0 aliphatic heterocycles. The lowest BCUT2D eigenvalue weighted by Crippen LogP contribution is -2.00. The summed E-state index contributed by atoms with van der Waals surface area (Å²) in [6.45, 7) is 4.27. The fourth-order valence-electron chi connectivity index (χ4n) is 2.77. The standard InChI is InChI=1S/C18H19ClF2/c1-3-5-12(4-2)17-7-6-14(19)10-18(17)13-8-15(20)11-16(21)9-13/h6-12H,3-5H2,1-2H3. The Morgan fingerprint density at radius 3 is 2.24 bits per heavy atom. The number of benzene rings is 2. The van der Waals surface area contributed by atoms with Gasteiger partial charge in [-0.3, -0.25) is 0 Å². The van der Waals surface area contributed by atoms with Gasteiger partial charge in [-0.25, -0.2) is 8.78 Å². The van der Waals surface area contributed by atoms with Crippen LogP contribution in [0, 0.1) is 11.6 Å². The first-order valence-electron chi connectivity index (χ1n) is 7.31.